The Kier molecular flexibility index (Phi) is 6.95. The van der Waals surface area contributed by atoms with Crippen molar-refractivity contribution in [3.05, 3.63) is 89.5 Å². The number of amides is 1. The molecule has 4 nitrogen and oxygen atoms in total. The molecule has 1 heterocycles. The first-order valence-electron chi connectivity index (χ1n) is 9.88. The van der Waals surface area contributed by atoms with Crippen LogP contribution in [0.1, 0.15) is 34.3 Å². The van der Waals surface area contributed by atoms with Gasteiger partial charge in [-0.3, -0.25) is 4.79 Å². The van der Waals surface area contributed by atoms with Gasteiger partial charge in [-0.15, -0.1) is 0 Å². The van der Waals surface area contributed by atoms with Crippen LogP contribution in [0.15, 0.2) is 72.8 Å². The second-order valence-electron chi connectivity index (χ2n) is 7.27. The number of hydrogen-bond donors (Lipinski definition) is 1. The first-order chi connectivity index (χ1) is 14.8. The van der Waals surface area contributed by atoms with Gasteiger partial charge in [-0.25, -0.2) is 4.79 Å². The molecule has 3 rings (SSSR count). The molecule has 1 N–H and O–H groups in total. The van der Waals surface area contributed by atoms with Gasteiger partial charge in [0.05, 0.1) is 17.2 Å². The summed E-state index contributed by atoms with van der Waals surface area (Å²) in [6, 6.07) is 13.7. The van der Waals surface area contributed by atoms with Crippen LogP contribution < -0.4 is 0 Å². The van der Waals surface area contributed by atoms with Crippen LogP contribution in [0.4, 0.5) is 13.2 Å². The monoisotopic (exact) mass is 429 g/mol. The van der Waals surface area contributed by atoms with Gasteiger partial charge in [0.25, 0.3) is 0 Å². The summed E-state index contributed by atoms with van der Waals surface area (Å²) in [5.41, 5.74) is 0.422. The highest BCUT2D eigenvalue weighted by Gasteiger charge is 2.34. The molecule has 1 saturated heterocycles. The van der Waals surface area contributed by atoms with E-state index < -0.39 is 17.7 Å². The second kappa shape index (κ2) is 9.64. The maximum Gasteiger partial charge on any atom is 0.416 e. The van der Waals surface area contributed by atoms with Crippen LogP contribution in [-0.4, -0.2) is 40.6 Å². The summed E-state index contributed by atoms with van der Waals surface area (Å²) < 4.78 is 40.3. The Bertz CT molecular complexity index is 979. The maximum atomic E-state index is 13.4. The highest BCUT2D eigenvalue weighted by molar-refractivity contribution is 5.87. The van der Waals surface area contributed by atoms with Gasteiger partial charge >= 0.3 is 12.1 Å². The second-order valence-corrected chi connectivity index (χ2v) is 7.27. The number of nitrogens with zero attached hydrogens (tertiary/aromatic N) is 1. The van der Waals surface area contributed by atoms with E-state index in [0.717, 1.165) is 11.6 Å². The number of rotatable bonds is 7. The molecule has 0 saturated carbocycles. The van der Waals surface area contributed by atoms with Crippen LogP contribution in [0, 0.1) is 0 Å². The number of halogens is 3. The van der Waals surface area contributed by atoms with Crippen LogP contribution in [0.3, 0.4) is 0 Å². The molecule has 7 heteroatoms. The van der Waals surface area contributed by atoms with E-state index in [1.54, 1.807) is 41.3 Å². The molecular weight excluding hydrogens is 407 g/mol. The highest BCUT2D eigenvalue weighted by atomic mass is 19.4. The minimum Gasteiger partial charge on any atom is -0.478 e. The standard InChI is InChI=1S/C24H22F3NO3/c25-24(26,27)21(18-5-2-1-3-6-18)8-4-7-20-13-14-22(29)28(20)16-15-17-9-11-19(12-10-17)23(30)31/h1-12,20H,13-16H2,(H,30,31)/b7-4+,21-8+/t20-/m0/s1. The Morgan fingerprint density at radius 2 is 1.74 bits per heavy atom. The van der Waals surface area contributed by atoms with Crippen molar-refractivity contribution in [1.29, 1.82) is 0 Å². The normalized spacial score (nSPS) is 17.5. The molecule has 1 atom stereocenters. The van der Waals surface area contributed by atoms with Crippen molar-refractivity contribution < 1.29 is 27.9 Å². The first-order valence-corrected chi connectivity index (χ1v) is 9.88. The van der Waals surface area contributed by atoms with Crippen LogP contribution in [0.25, 0.3) is 5.57 Å². The van der Waals surface area contributed by atoms with Gasteiger partial charge < -0.3 is 10.0 Å². The van der Waals surface area contributed by atoms with Crippen molar-refractivity contribution in [1.82, 2.24) is 4.90 Å². The maximum absolute atomic E-state index is 13.4. The van der Waals surface area contributed by atoms with E-state index in [4.69, 9.17) is 5.11 Å². The average Bonchev–Trinajstić information content (AvgIpc) is 3.09. The zero-order valence-corrected chi connectivity index (χ0v) is 16.7. The molecular formula is C24H22F3NO3. The third-order valence-corrected chi connectivity index (χ3v) is 5.20. The van der Waals surface area contributed by atoms with Gasteiger partial charge in [-0.2, -0.15) is 13.2 Å². The topological polar surface area (TPSA) is 57.6 Å². The molecule has 31 heavy (non-hydrogen) atoms. The minimum absolute atomic E-state index is 0.0418. The molecule has 162 valence electrons. The molecule has 0 radical (unpaired) electrons. The largest absolute Gasteiger partial charge is 0.478 e. The van der Waals surface area contributed by atoms with Crippen LogP contribution in [-0.2, 0) is 11.2 Å². The predicted molar refractivity (Wildman–Crippen MR) is 111 cm³/mol. The summed E-state index contributed by atoms with van der Waals surface area (Å²) in [6.07, 6.45) is 0.986. The lowest BCUT2D eigenvalue weighted by Gasteiger charge is -2.22. The zero-order valence-electron chi connectivity index (χ0n) is 16.7. The number of aromatic carboxylic acids is 1. The Balaban J connectivity index is 1.69. The third kappa shape index (κ3) is 5.84. The number of allylic oxidation sites excluding steroid dienone is 3. The molecule has 2 aromatic carbocycles. The summed E-state index contributed by atoms with van der Waals surface area (Å²) in [5.74, 6) is -1.05. The Hall–Kier alpha value is -3.35. The van der Waals surface area contributed by atoms with E-state index in [-0.39, 0.29) is 23.1 Å². The number of hydrogen-bond acceptors (Lipinski definition) is 2. The number of carboxylic acids is 1. The van der Waals surface area contributed by atoms with Crippen molar-refractivity contribution in [2.75, 3.05) is 6.54 Å². The van der Waals surface area contributed by atoms with Crippen LogP contribution >= 0.6 is 0 Å². The molecule has 1 aliphatic rings. The first kappa shape index (κ1) is 22.3. The Labute approximate surface area is 178 Å². The number of likely N-dealkylation sites (tertiary alicyclic amines) is 1. The zero-order chi connectivity index (χ0) is 22.4. The fraction of sp³-hybridized carbons (Fsp3) is 0.250. The minimum atomic E-state index is -4.49. The Morgan fingerprint density at radius 3 is 2.35 bits per heavy atom. The van der Waals surface area contributed by atoms with Crippen molar-refractivity contribution in [3.8, 4) is 0 Å². The van der Waals surface area contributed by atoms with Gasteiger partial charge in [-0.1, -0.05) is 54.6 Å². The van der Waals surface area contributed by atoms with Crippen molar-refractivity contribution >= 4 is 17.4 Å². The fourth-order valence-corrected chi connectivity index (χ4v) is 3.56. The molecule has 0 unspecified atom stereocenters. The van der Waals surface area contributed by atoms with Crippen molar-refractivity contribution in [2.45, 2.75) is 31.5 Å². The summed E-state index contributed by atoms with van der Waals surface area (Å²) >= 11 is 0. The lowest BCUT2D eigenvalue weighted by molar-refractivity contribution is -0.128. The van der Waals surface area contributed by atoms with E-state index in [0.29, 0.717) is 25.8 Å². The van der Waals surface area contributed by atoms with E-state index in [9.17, 15) is 22.8 Å². The summed E-state index contributed by atoms with van der Waals surface area (Å²) in [6.45, 7) is 0.411. The lowest BCUT2D eigenvalue weighted by Crippen LogP contribution is -2.33. The number of carbonyl (C=O) groups is 2. The lowest BCUT2D eigenvalue weighted by atomic mass is 10.0. The van der Waals surface area contributed by atoms with Gasteiger partial charge in [0.1, 0.15) is 0 Å². The van der Waals surface area contributed by atoms with E-state index in [2.05, 4.69) is 0 Å². The Morgan fingerprint density at radius 1 is 1.06 bits per heavy atom. The molecule has 1 amide bonds. The molecule has 0 spiro atoms. The molecule has 1 aliphatic heterocycles. The van der Waals surface area contributed by atoms with E-state index in [1.807, 2.05) is 0 Å². The summed E-state index contributed by atoms with van der Waals surface area (Å²) in [7, 11) is 0. The predicted octanol–water partition coefficient (Wildman–Crippen LogP) is 5.12. The summed E-state index contributed by atoms with van der Waals surface area (Å²) in [5, 5.41) is 8.96. The van der Waals surface area contributed by atoms with E-state index >= 15 is 0 Å². The quantitative estimate of drug-likeness (QED) is 0.622. The van der Waals surface area contributed by atoms with E-state index in [1.165, 1.54) is 30.3 Å². The van der Waals surface area contributed by atoms with Crippen molar-refractivity contribution in [2.24, 2.45) is 0 Å². The highest BCUT2D eigenvalue weighted by Crippen LogP contribution is 2.33. The molecule has 1 fully saturated rings. The smallest absolute Gasteiger partial charge is 0.416 e. The molecule has 0 bridgehead atoms. The van der Waals surface area contributed by atoms with Crippen LogP contribution in [0.5, 0.6) is 0 Å². The van der Waals surface area contributed by atoms with Gasteiger partial charge in [-0.05, 0) is 42.2 Å². The summed E-state index contributed by atoms with van der Waals surface area (Å²) in [4.78, 5) is 24.8. The van der Waals surface area contributed by atoms with Gasteiger partial charge in [0.15, 0.2) is 0 Å². The number of carbonyl (C=O) groups excluding carboxylic acids is 1. The average molecular weight is 429 g/mol. The number of carboxylic acid groups (broad SMARTS) is 1. The SMILES string of the molecule is O=C(O)c1ccc(CCN2C(=O)CC[C@@H]2/C=C/C=C(\c2ccccc2)C(F)(F)F)cc1. The molecule has 2 aromatic rings. The third-order valence-electron chi connectivity index (χ3n) is 5.20. The molecule has 0 aliphatic carbocycles. The van der Waals surface area contributed by atoms with Gasteiger partial charge in [0.2, 0.25) is 5.91 Å². The van der Waals surface area contributed by atoms with Crippen molar-refractivity contribution in [3.63, 3.8) is 0 Å². The molecule has 0 aromatic heterocycles. The number of alkyl halides is 3. The van der Waals surface area contributed by atoms with Crippen LogP contribution in [0.2, 0.25) is 0 Å². The van der Waals surface area contributed by atoms with Gasteiger partial charge in [0, 0.05) is 13.0 Å². The fourth-order valence-electron chi connectivity index (χ4n) is 3.56. The number of benzene rings is 2.